The van der Waals surface area contributed by atoms with Crippen molar-refractivity contribution in [2.75, 3.05) is 0 Å². The Bertz CT molecular complexity index is 625. The van der Waals surface area contributed by atoms with Gasteiger partial charge >= 0.3 is 0 Å². The van der Waals surface area contributed by atoms with Crippen LogP contribution in [0.15, 0.2) is 18.3 Å². The summed E-state index contributed by atoms with van der Waals surface area (Å²) in [6.07, 6.45) is 1.85. The van der Waals surface area contributed by atoms with Crippen LogP contribution in [0.25, 0.3) is 0 Å². The molecule has 0 fully saturated rings. The fourth-order valence-electron chi connectivity index (χ4n) is 2.07. The van der Waals surface area contributed by atoms with Gasteiger partial charge in [-0.15, -0.1) is 0 Å². The maximum atomic E-state index is 9.92. The van der Waals surface area contributed by atoms with Crippen molar-refractivity contribution in [2.45, 2.75) is 26.4 Å². The highest BCUT2D eigenvalue weighted by atomic mass is 35.5. The van der Waals surface area contributed by atoms with Crippen LogP contribution in [-0.4, -0.2) is 14.9 Å². The van der Waals surface area contributed by atoms with Crippen molar-refractivity contribution in [2.24, 2.45) is 7.05 Å². The lowest BCUT2D eigenvalue weighted by Crippen LogP contribution is -2.18. The second-order valence-corrected chi connectivity index (χ2v) is 5.65. The maximum Gasteiger partial charge on any atom is 0.138 e. The summed E-state index contributed by atoms with van der Waals surface area (Å²) in [5.74, 6) is 0.0682. The zero-order valence-electron chi connectivity index (χ0n) is 11.6. The van der Waals surface area contributed by atoms with Gasteiger partial charge in [-0.3, -0.25) is 4.68 Å². The van der Waals surface area contributed by atoms with Crippen LogP contribution in [0, 0.1) is 6.92 Å². The third-order valence-corrected chi connectivity index (χ3v) is 3.95. The van der Waals surface area contributed by atoms with Crippen LogP contribution >= 0.6 is 23.2 Å². The van der Waals surface area contributed by atoms with Crippen molar-refractivity contribution in [3.8, 4) is 5.75 Å². The molecule has 0 radical (unpaired) electrons. The van der Waals surface area contributed by atoms with E-state index in [0.717, 1.165) is 11.3 Å². The lowest BCUT2D eigenvalue weighted by molar-refractivity contribution is 0.460. The highest BCUT2D eigenvalue weighted by Gasteiger charge is 2.13. The average Bonchev–Trinajstić information content (AvgIpc) is 2.72. The summed E-state index contributed by atoms with van der Waals surface area (Å²) in [5, 5.41) is 18.2. The first-order valence-electron chi connectivity index (χ1n) is 6.29. The molecule has 0 saturated heterocycles. The van der Waals surface area contributed by atoms with Crippen molar-refractivity contribution in [1.29, 1.82) is 0 Å². The largest absolute Gasteiger partial charge is 0.506 e. The van der Waals surface area contributed by atoms with Crippen molar-refractivity contribution in [1.82, 2.24) is 15.1 Å². The summed E-state index contributed by atoms with van der Waals surface area (Å²) in [4.78, 5) is 0. The Labute approximate surface area is 128 Å². The van der Waals surface area contributed by atoms with E-state index in [2.05, 4.69) is 10.4 Å². The smallest absolute Gasteiger partial charge is 0.138 e. The molecule has 2 aromatic rings. The minimum absolute atomic E-state index is 0.0682. The van der Waals surface area contributed by atoms with Gasteiger partial charge in [0.15, 0.2) is 0 Å². The van der Waals surface area contributed by atoms with Gasteiger partial charge in [0.2, 0.25) is 0 Å². The zero-order chi connectivity index (χ0) is 14.9. The predicted octanol–water partition coefficient (Wildman–Crippen LogP) is 3.59. The minimum Gasteiger partial charge on any atom is -0.506 e. The minimum atomic E-state index is 0.0682. The van der Waals surface area contributed by atoms with E-state index in [1.54, 1.807) is 6.07 Å². The fourth-order valence-corrected chi connectivity index (χ4v) is 2.60. The Morgan fingerprint density at radius 3 is 2.70 bits per heavy atom. The van der Waals surface area contributed by atoms with Gasteiger partial charge < -0.3 is 10.4 Å². The summed E-state index contributed by atoms with van der Waals surface area (Å²) in [6, 6.07) is 3.34. The highest BCUT2D eigenvalue weighted by Crippen LogP contribution is 2.31. The van der Waals surface area contributed by atoms with Crippen LogP contribution in [0.3, 0.4) is 0 Å². The van der Waals surface area contributed by atoms with Gasteiger partial charge in [-0.2, -0.15) is 5.10 Å². The monoisotopic (exact) mass is 313 g/mol. The number of phenolic OH excluding ortho intramolecular Hbond substituents is 1. The molecule has 108 valence electrons. The van der Waals surface area contributed by atoms with E-state index in [9.17, 15) is 5.11 Å². The molecule has 2 rings (SSSR count). The van der Waals surface area contributed by atoms with Gasteiger partial charge in [-0.1, -0.05) is 23.2 Å². The molecule has 1 atom stereocenters. The summed E-state index contributed by atoms with van der Waals surface area (Å²) in [6.45, 7) is 4.54. The number of aryl methyl sites for hydroxylation is 1. The Kier molecular flexibility index (Phi) is 4.58. The van der Waals surface area contributed by atoms with Crippen LogP contribution in [-0.2, 0) is 13.6 Å². The van der Waals surface area contributed by atoms with Crippen molar-refractivity contribution >= 4 is 23.2 Å². The van der Waals surface area contributed by atoms with Crippen LogP contribution in [0.4, 0.5) is 0 Å². The summed E-state index contributed by atoms with van der Waals surface area (Å²) < 4.78 is 1.83. The highest BCUT2D eigenvalue weighted by molar-refractivity contribution is 6.35. The first-order valence-corrected chi connectivity index (χ1v) is 7.04. The Morgan fingerprint density at radius 2 is 2.10 bits per heavy atom. The maximum absolute atomic E-state index is 9.92. The number of aromatic nitrogens is 2. The number of nitrogens with zero attached hydrogens (tertiary/aromatic N) is 2. The SMILES string of the molecule is Cc1c(C(C)NCc2cc(Cl)cc(Cl)c2O)cnn1C. The molecule has 1 heterocycles. The van der Waals surface area contributed by atoms with E-state index < -0.39 is 0 Å². The normalized spacial score (nSPS) is 12.7. The molecule has 0 amide bonds. The first-order chi connectivity index (χ1) is 9.40. The molecule has 2 N–H and O–H groups in total. The zero-order valence-corrected chi connectivity index (χ0v) is 13.1. The van der Waals surface area contributed by atoms with Gasteiger partial charge in [0.1, 0.15) is 5.75 Å². The molecule has 1 aromatic heterocycles. The average molecular weight is 314 g/mol. The van der Waals surface area contributed by atoms with Gasteiger partial charge in [0.05, 0.1) is 11.2 Å². The third kappa shape index (κ3) is 3.08. The second kappa shape index (κ2) is 6.04. The van der Waals surface area contributed by atoms with E-state index in [1.165, 1.54) is 6.07 Å². The molecule has 4 nitrogen and oxygen atoms in total. The Hall–Kier alpha value is -1.23. The number of phenols is 1. The first kappa shape index (κ1) is 15.2. The van der Waals surface area contributed by atoms with Gasteiger partial charge in [-0.25, -0.2) is 0 Å². The summed E-state index contributed by atoms with van der Waals surface area (Å²) in [7, 11) is 1.91. The van der Waals surface area contributed by atoms with Crippen LogP contribution in [0.5, 0.6) is 5.75 Å². The molecule has 0 aliphatic heterocycles. The molecule has 0 aliphatic rings. The molecule has 0 bridgehead atoms. The Balaban J connectivity index is 2.11. The van der Waals surface area contributed by atoms with Crippen LogP contribution < -0.4 is 5.32 Å². The van der Waals surface area contributed by atoms with E-state index in [4.69, 9.17) is 23.2 Å². The number of halogens is 2. The van der Waals surface area contributed by atoms with Crippen LogP contribution in [0.1, 0.15) is 29.8 Å². The molecule has 0 aliphatic carbocycles. The predicted molar refractivity (Wildman–Crippen MR) is 81.3 cm³/mol. The van der Waals surface area contributed by atoms with Crippen molar-refractivity contribution in [3.05, 3.63) is 45.2 Å². The Morgan fingerprint density at radius 1 is 1.40 bits per heavy atom. The van der Waals surface area contributed by atoms with Gasteiger partial charge in [-0.05, 0) is 26.0 Å². The van der Waals surface area contributed by atoms with E-state index in [0.29, 0.717) is 17.1 Å². The van der Waals surface area contributed by atoms with E-state index in [1.807, 2.05) is 31.8 Å². The second-order valence-electron chi connectivity index (χ2n) is 4.81. The lowest BCUT2D eigenvalue weighted by atomic mass is 10.1. The molecule has 0 spiro atoms. The molecule has 0 saturated carbocycles. The number of aromatic hydroxyl groups is 1. The quantitative estimate of drug-likeness (QED) is 0.907. The van der Waals surface area contributed by atoms with Gasteiger partial charge in [0, 0.05) is 41.5 Å². The number of hydrogen-bond acceptors (Lipinski definition) is 3. The molecule has 1 unspecified atom stereocenters. The molecule has 1 aromatic carbocycles. The van der Waals surface area contributed by atoms with Gasteiger partial charge in [0.25, 0.3) is 0 Å². The number of hydrogen-bond donors (Lipinski definition) is 2. The number of nitrogens with one attached hydrogen (secondary N) is 1. The molecule has 20 heavy (non-hydrogen) atoms. The fraction of sp³-hybridized carbons (Fsp3) is 0.357. The third-order valence-electron chi connectivity index (χ3n) is 3.45. The topological polar surface area (TPSA) is 50.1 Å². The number of benzene rings is 1. The van der Waals surface area contributed by atoms with Crippen molar-refractivity contribution < 1.29 is 5.11 Å². The lowest BCUT2D eigenvalue weighted by Gasteiger charge is -2.15. The number of rotatable bonds is 4. The molecular weight excluding hydrogens is 297 g/mol. The summed E-state index contributed by atoms with van der Waals surface area (Å²) in [5.41, 5.74) is 2.91. The molecule has 6 heteroatoms. The van der Waals surface area contributed by atoms with E-state index in [-0.39, 0.29) is 16.8 Å². The molecular formula is C14H17Cl2N3O. The van der Waals surface area contributed by atoms with Crippen molar-refractivity contribution in [3.63, 3.8) is 0 Å². The standard InChI is InChI=1S/C14H17Cl2N3O/c1-8(12-7-18-19(3)9(12)2)17-6-10-4-11(15)5-13(16)14(10)20/h4-5,7-8,17,20H,6H2,1-3H3. The van der Waals surface area contributed by atoms with Crippen LogP contribution in [0.2, 0.25) is 10.0 Å². The van der Waals surface area contributed by atoms with E-state index >= 15 is 0 Å². The summed E-state index contributed by atoms with van der Waals surface area (Å²) >= 11 is 11.9.